The molecule has 1 atom stereocenters. The molecule has 0 N–H and O–H groups in total. The molecule has 0 aliphatic carbocycles. The summed E-state index contributed by atoms with van der Waals surface area (Å²) >= 11 is 0. The lowest BCUT2D eigenvalue weighted by atomic mass is 9.72. The largest absolute Gasteiger partial charge is 0.302 e. The third kappa shape index (κ3) is 2.70. The van der Waals surface area contributed by atoms with Crippen LogP contribution < -0.4 is 0 Å². The van der Waals surface area contributed by atoms with Gasteiger partial charge in [-0.1, -0.05) is 0 Å². The average Bonchev–Trinajstić information content (AvgIpc) is 2.67. The molecule has 0 aromatic carbocycles. The molecule has 0 amide bonds. The third-order valence-electron chi connectivity index (χ3n) is 5.49. The van der Waals surface area contributed by atoms with Gasteiger partial charge in [0, 0.05) is 56.8 Å². The van der Waals surface area contributed by atoms with E-state index in [4.69, 9.17) is 0 Å². The van der Waals surface area contributed by atoms with Gasteiger partial charge in [-0.25, -0.2) is 0 Å². The molecule has 0 aromatic rings. The van der Waals surface area contributed by atoms with Gasteiger partial charge in [0.2, 0.25) is 0 Å². The molecule has 3 aliphatic rings. The molecule has 3 nitrogen and oxygen atoms in total. The zero-order chi connectivity index (χ0) is 13.6. The van der Waals surface area contributed by atoms with Gasteiger partial charge in [0.15, 0.2) is 0 Å². The van der Waals surface area contributed by atoms with Gasteiger partial charge in [-0.3, -0.25) is 4.90 Å². The summed E-state index contributed by atoms with van der Waals surface area (Å²) in [6, 6.07) is 1.48. The number of nitrogens with zero attached hydrogens (tertiary/aromatic N) is 3. The molecular weight excluding hydrogens is 234 g/mol. The van der Waals surface area contributed by atoms with Crippen molar-refractivity contribution in [2.45, 2.75) is 46.2 Å². The van der Waals surface area contributed by atoms with Gasteiger partial charge in [0.1, 0.15) is 0 Å². The van der Waals surface area contributed by atoms with E-state index in [2.05, 4.69) is 42.4 Å². The van der Waals surface area contributed by atoms with Crippen molar-refractivity contribution in [1.29, 1.82) is 0 Å². The lowest BCUT2D eigenvalue weighted by Crippen LogP contribution is -2.73. The Morgan fingerprint density at radius 2 is 1.58 bits per heavy atom. The summed E-state index contributed by atoms with van der Waals surface area (Å²) < 4.78 is 0. The molecule has 3 fully saturated rings. The first kappa shape index (κ1) is 13.8. The van der Waals surface area contributed by atoms with Crippen molar-refractivity contribution in [1.82, 2.24) is 14.7 Å². The highest BCUT2D eigenvalue weighted by Gasteiger charge is 2.52. The van der Waals surface area contributed by atoms with Crippen LogP contribution in [-0.4, -0.2) is 72.6 Å². The predicted octanol–water partition coefficient (Wildman–Crippen LogP) is 1.74. The summed E-state index contributed by atoms with van der Waals surface area (Å²) in [5, 5.41) is 0. The second-order valence-corrected chi connectivity index (χ2v) is 7.91. The number of hydrogen-bond donors (Lipinski definition) is 0. The fourth-order valence-electron chi connectivity index (χ4n) is 4.26. The number of rotatable bonds is 4. The Labute approximate surface area is 118 Å². The van der Waals surface area contributed by atoms with Crippen LogP contribution in [0.2, 0.25) is 0 Å². The zero-order valence-corrected chi connectivity index (χ0v) is 13.2. The minimum atomic E-state index is 0.695. The fraction of sp³-hybridized carbons (Fsp3) is 1.00. The molecular formula is C16H31N3. The van der Waals surface area contributed by atoms with E-state index < -0.39 is 0 Å². The fourth-order valence-corrected chi connectivity index (χ4v) is 4.26. The highest BCUT2D eigenvalue weighted by atomic mass is 15.3. The smallest absolute Gasteiger partial charge is 0.0212 e. The molecule has 19 heavy (non-hydrogen) atoms. The summed E-state index contributed by atoms with van der Waals surface area (Å²) in [5.74, 6) is 0.932. The van der Waals surface area contributed by atoms with Crippen LogP contribution in [0.4, 0.5) is 0 Å². The Kier molecular flexibility index (Phi) is 3.65. The van der Waals surface area contributed by atoms with E-state index in [-0.39, 0.29) is 0 Å². The van der Waals surface area contributed by atoms with Crippen molar-refractivity contribution >= 4 is 0 Å². The van der Waals surface area contributed by atoms with E-state index in [9.17, 15) is 0 Å². The molecule has 0 saturated carbocycles. The summed E-state index contributed by atoms with van der Waals surface area (Å²) in [6.07, 6.45) is 1.42. The molecule has 0 radical (unpaired) electrons. The van der Waals surface area contributed by atoms with Crippen molar-refractivity contribution in [3.8, 4) is 0 Å². The van der Waals surface area contributed by atoms with Crippen LogP contribution >= 0.6 is 0 Å². The van der Waals surface area contributed by atoms with Crippen molar-refractivity contribution < 1.29 is 0 Å². The maximum absolute atomic E-state index is 2.71. The zero-order valence-electron chi connectivity index (χ0n) is 13.2. The highest BCUT2D eigenvalue weighted by Crippen LogP contribution is 2.41. The Morgan fingerprint density at radius 3 is 2.11 bits per heavy atom. The van der Waals surface area contributed by atoms with Gasteiger partial charge in [-0.15, -0.1) is 0 Å². The van der Waals surface area contributed by atoms with Crippen LogP contribution in [0.25, 0.3) is 0 Å². The third-order valence-corrected chi connectivity index (χ3v) is 5.49. The minimum Gasteiger partial charge on any atom is -0.302 e. The van der Waals surface area contributed by atoms with E-state index >= 15 is 0 Å². The van der Waals surface area contributed by atoms with Gasteiger partial charge in [-0.2, -0.15) is 0 Å². The molecule has 3 saturated heterocycles. The van der Waals surface area contributed by atoms with Gasteiger partial charge in [-0.05, 0) is 46.6 Å². The molecule has 3 heterocycles. The molecule has 3 heteroatoms. The molecule has 1 spiro atoms. The van der Waals surface area contributed by atoms with Crippen LogP contribution in [0.5, 0.6) is 0 Å². The molecule has 0 bridgehead atoms. The van der Waals surface area contributed by atoms with Crippen LogP contribution in [0.15, 0.2) is 0 Å². The van der Waals surface area contributed by atoms with Crippen molar-refractivity contribution in [3.05, 3.63) is 0 Å². The van der Waals surface area contributed by atoms with E-state index in [1.807, 2.05) is 0 Å². The molecule has 3 rings (SSSR count). The second kappa shape index (κ2) is 5.01. The SMILES string of the molecule is CC(C)N1CCC(CN2CC3(C2)CN(C(C)C)C3)C1. The Bertz CT molecular complexity index is 312. The molecule has 110 valence electrons. The maximum Gasteiger partial charge on any atom is 0.0212 e. The monoisotopic (exact) mass is 265 g/mol. The van der Waals surface area contributed by atoms with Crippen LogP contribution in [0.1, 0.15) is 34.1 Å². The van der Waals surface area contributed by atoms with Gasteiger partial charge >= 0.3 is 0 Å². The molecule has 3 aliphatic heterocycles. The molecule has 1 unspecified atom stereocenters. The second-order valence-electron chi connectivity index (χ2n) is 7.91. The Morgan fingerprint density at radius 1 is 0.947 bits per heavy atom. The van der Waals surface area contributed by atoms with E-state index in [0.717, 1.165) is 18.0 Å². The van der Waals surface area contributed by atoms with Crippen LogP contribution in [-0.2, 0) is 0 Å². The van der Waals surface area contributed by atoms with Gasteiger partial charge in [0.05, 0.1) is 0 Å². The highest BCUT2D eigenvalue weighted by molar-refractivity contribution is 5.06. The van der Waals surface area contributed by atoms with Crippen LogP contribution in [0.3, 0.4) is 0 Å². The quantitative estimate of drug-likeness (QED) is 0.767. The van der Waals surface area contributed by atoms with Crippen molar-refractivity contribution in [2.24, 2.45) is 11.3 Å². The summed E-state index contributed by atoms with van der Waals surface area (Å²) in [7, 11) is 0. The van der Waals surface area contributed by atoms with E-state index in [1.165, 1.54) is 52.2 Å². The first-order valence-corrected chi connectivity index (χ1v) is 8.18. The lowest BCUT2D eigenvalue weighted by molar-refractivity contribution is -0.128. The van der Waals surface area contributed by atoms with Crippen molar-refractivity contribution in [3.63, 3.8) is 0 Å². The van der Waals surface area contributed by atoms with E-state index in [0.29, 0.717) is 5.41 Å². The lowest BCUT2D eigenvalue weighted by Gasteiger charge is -2.62. The van der Waals surface area contributed by atoms with Gasteiger partial charge in [0.25, 0.3) is 0 Å². The average molecular weight is 265 g/mol. The maximum atomic E-state index is 2.71. The first-order valence-electron chi connectivity index (χ1n) is 8.18. The summed E-state index contributed by atoms with van der Waals surface area (Å²) in [6.45, 7) is 18.8. The predicted molar refractivity (Wildman–Crippen MR) is 80.4 cm³/mol. The van der Waals surface area contributed by atoms with Crippen LogP contribution in [0, 0.1) is 11.3 Å². The standard InChI is InChI=1S/C16H31N3/c1-13(2)18-6-5-15(8-18)7-17-9-16(10-17)11-19(12-16)14(3)4/h13-15H,5-12H2,1-4H3. The summed E-state index contributed by atoms with van der Waals surface area (Å²) in [5.41, 5.74) is 0.695. The number of likely N-dealkylation sites (tertiary alicyclic amines) is 3. The summed E-state index contributed by atoms with van der Waals surface area (Å²) in [4.78, 5) is 7.98. The van der Waals surface area contributed by atoms with E-state index in [1.54, 1.807) is 0 Å². The first-order chi connectivity index (χ1) is 8.97. The molecule has 0 aromatic heterocycles. The van der Waals surface area contributed by atoms with Gasteiger partial charge < -0.3 is 9.80 Å². The topological polar surface area (TPSA) is 9.72 Å². The minimum absolute atomic E-state index is 0.695. The Balaban J connectivity index is 1.37. The Hall–Kier alpha value is -0.120. The number of hydrogen-bond acceptors (Lipinski definition) is 3. The normalized spacial score (nSPS) is 32.2. The van der Waals surface area contributed by atoms with Crippen molar-refractivity contribution in [2.75, 3.05) is 45.8 Å².